The molecule has 0 saturated carbocycles. The molecule has 0 spiro atoms. The first kappa shape index (κ1) is 18.1. The lowest BCUT2D eigenvalue weighted by Crippen LogP contribution is -2.27. The SMILES string of the molecule is CS(=O)(=O)N1CCc2ccc(NC(=O)CCC(=O)c3cccnc3)cc21. The number of pyridine rings is 1. The zero-order valence-corrected chi connectivity index (χ0v) is 15.1. The standard InChI is InChI=1S/C18H19N3O4S/c1-26(24,25)21-10-8-13-4-5-15(11-16(13)21)20-18(23)7-6-17(22)14-3-2-9-19-12-14/h2-5,9,11-12H,6-8,10H2,1H3,(H,20,23). The molecule has 0 saturated heterocycles. The number of benzene rings is 1. The number of carbonyl (C=O) groups excluding carboxylic acids is 2. The zero-order chi connectivity index (χ0) is 18.7. The van der Waals surface area contributed by atoms with Gasteiger partial charge in [0.05, 0.1) is 11.9 Å². The molecule has 2 aromatic rings. The van der Waals surface area contributed by atoms with E-state index >= 15 is 0 Å². The van der Waals surface area contributed by atoms with E-state index in [4.69, 9.17) is 0 Å². The van der Waals surface area contributed by atoms with Crippen LogP contribution in [0.1, 0.15) is 28.8 Å². The second-order valence-electron chi connectivity index (χ2n) is 6.14. The summed E-state index contributed by atoms with van der Waals surface area (Å²) in [5, 5.41) is 2.72. The van der Waals surface area contributed by atoms with Crippen LogP contribution >= 0.6 is 0 Å². The summed E-state index contributed by atoms with van der Waals surface area (Å²) >= 11 is 0. The van der Waals surface area contributed by atoms with Gasteiger partial charge in [0.15, 0.2) is 5.78 Å². The molecule has 1 aromatic carbocycles. The molecule has 1 aliphatic heterocycles. The first-order valence-corrected chi connectivity index (χ1v) is 10.0. The quantitative estimate of drug-likeness (QED) is 0.781. The van der Waals surface area contributed by atoms with Crippen molar-refractivity contribution in [2.75, 3.05) is 22.4 Å². The highest BCUT2D eigenvalue weighted by atomic mass is 32.2. The van der Waals surface area contributed by atoms with Gasteiger partial charge < -0.3 is 5.32 Å². The fourth-order valence-corrected chi connectivity index (χ4v) is 3.84. The average Bonchev–Trinajstić information content (AvgIpc) is 3.04. The molecule has 2 heterocycles. The van der Waals surface area contributed by atoms with Crippen molar-refractivity contribution in [2.45, 2.75) is 19.3 Å². The Labute approximate surface area is 152 Å². The lowest BCUT2D eigenvalue weighted by atomic mass is 10.1. The second kappa shape index (κ2) is 7.25. The fraction of sp³-hybridized carbons (Fsp3) is 0.278. The molecule has 1 aromatic heterocycles. The summed E-state index contributed by atoms with van der Waals surface area (Å²) in [6, 6.07) is 8.55. The number of sulfonamides is 1. The van der Waals surface area contributed by atoms with Gasteiger partial charge in [-0.3, -0.25) is 18.9 Å². The molecule has 0 fully saturated rings. The topological polar surface area (TPSA) is 96.4 Å². The maximum Gasteiger partial charge on any atom is 0.232 e. The molecule has 1 amide bonds. The van der Waals surface area contributed by atoms with Crippen LogP contribution < -0.4 is 9.62 Å². The van der Waals surface area contributed by atoms with Crippen LogP contribution in [0.15, 0.2) is 42.7 Å². The Morgan fingerprint density at radius 3 is 2.73 bits per heavy atom. The van der Waals surface area contributed by atoms with Crippen LogP contribution in [0.25, 0.3) is 0 Å². The zero-order valence-electron chi connectivity index (χ0n) is 14.3. The molecule has 1 aliphatic rings. The van der Waals surface area contributed by atoms with Crippen molar-refractivity contribution >= 4 is 33.1 Å². The van der Waals surface area contributed by atoms with Crippen molar-refractivity contribution in [2.24, 2.45) is 0 Å². The van der Waals surface area contributed by atoms with E-state index in [1.54, 1.807) is 30.5 Å². The third-order valence-electron chi connectivity index (χ3n) is 4.18. The van der Waals surface area contributed by atoms with Gasteiger partial charge in [-0.1, -0.05) is 6.07 Å². The van der Waals surface area contributed by atoms with E-state index in [0.717, 1.165) is 11.8 Å². The van der Waals surface area contributed by atoms with Crippen LogP contribution in [0, 0.1) is 0 Å². The highest BCUT2D eigenvalue weighted by molar-refractivity contribution is 7.92. The summed E-state index contributed by atoms with van der Waals surface area (Å²) < 4.78 is 25.0. The molecule has 0 aliphatic carbocycles. The number of aromatic nitrogens is 1. The number of amides is 1. The number of rotatable bonds is 6. The Balaban J connectivity index is 1.63. The van der Waals surface area contributed by atoms with Gasteiger partial charge in [-0.2, -0.15) is 0 Å². The van der Waals surface area contributed by atoms with Crippen LogP contribution in [0.5, 0.6) is 0 Å². The Hall–Kier alpha value is -2.74. The van der Waals surface area contributed by atoms with Crippen molar-refractivity contribution in [3.05, 3.63) is 53.9 Å². The van der Waals surface area contributed by atoms with Gasteiger partial charge in [-0.15, -0.1) is 0 Å². The van der Waals surface area contributed by atoms with E-state index in [1.165, 1.54) is 10.5 Å². The Kier molecular flexibility index (Phi) is 5.03. The lowest BCUT2D eigenvalue weighted by Gasteiger charge is -2.17. The molecule has 3 rings (SSSR count). The van der Waals surface area contributed by atoms with E-state index in [2.05, 4.69) is 10.3 Å². The molecule has 136 valence electrons. The van der Waals surface area contributed by atoms with Crippen LogP contribution in [-0.4, -0.2) is 37.9 Å². The summed E-state index contributed by atoms with van der Waals surface area (Å²) in [4.78, 5) is 28.0. The van der Waals surface area contributed by atoms with Crippen LogP contribution in [0.4, 0.5) is 11.4 Å². The average molecular weight is 373 g/mol. The van der Waals surface area contributed by atoms with Crippen LogP contribution in [-0.2, 0) is 21.2 Å². The summed E-state index contributed by atoms with van der Waals surface area (Å²) in [5.41, 5.74) is 2.51. The van der Waals surface area contributed by atoms with Gasteiger partial charge in [0.25, 0.3) is 0 Å². The lowest BCUT2D eigenvalue weighted by molar-refractivity contribution is -0.116. The van der Waals surface area contributed by atoms with E-state index in [0.29, 0.717) is 29.9 Å². The number of Topliss-reactive ketones (excluding diaryl/α,β-unsaturated/α-hetero) is 1. The number of anilines is 2. The van der Waals surface area contributed by atoms with Crippen molar-refractivity contribution in [1.29, 1.82) is 0 Å². The first-order valence-electron chi connectivity index (χ1n) is 8.18. The van der Waals surface area contributed by atoms with Gasteiger partial charge >= 0.3 is 0 Å². The maximum absolute atomic E-state index is 12.1. The number of hydrogen-bond donors (Lipinski definition) is 1. The summed E-state index contributed by atoms with van der Waals surface area (Å²) in [6.45, 7) is 0.408. The second-order valence-corrected chi connectivity index (χ2v) is 8.05. The number of nitrogens with one attached hydrogen (secondary N) is 1. The fourth-order valence-electron chi connectivity index (χ4n) is 2.89. The minimum Gasteiger partial charge on any atom is -0.326 e. The van der Waals surface area contributed by atoms with E-state index in [1.807, 2.05) is 6.07 Å². The van der Waals surface area contributed by atoms with Gasteiger partial charge in [0.1, 0.15) is 0 Å². The number of carbonyl (C=O) groups is 2. The number of fused-ring (bicyclic) bond motifs is 1. The Morgan fingerprint density at radius 2 is 2.04 bits per heavy atom. The van der Waals surface area contributed by atoms with E-state index < -0.39 is 10.0 Å². The van der Waals surface area contributed by atoms with Crippen molar-refractivity contribution in [3.63, 3.8) is 0 Å². The molecule has 7 nitrogen and oxygen atoms in total. The molecule has 0 unspecified atom stereocenters. The number of nitrogens with zero attached hydrogens (tertiary/aromatic N) is 2. The van der Waals surface area contributed by atoms with Crippen molar-refractivity contribution in [1.82, 2.24) is 4.98 Å². The Bertz CT molecular complexity index is 942. The number of ketones is 1. The highest BCUT2D eigenvalue weighted by Gasteiger charge is 2.26. The first-order chi connectivity index (χ1) is 12.3. The molecule has 8 heteroatoms. The van der Waals surface area contributed by atoms with Crippen molar-refractivity contribution < 1.29 is 18.0 Å². The normalized spacial score (nSPS) is 13.3. The minimum atomic E-state index is -3.34. The molecular formula is C18H19N3O4S. The highest BCUT2D eigenvalue weighted by Crippen LogP contribution is 2.32. The summed E-state index contributed by atoms with van der Waals surface area (Å²) in [6.07, 6.45) is 4.99. The monoisotopic (exact) mass is 373 g/mol. The predicted molar refractivity (Wildman–Crippen MR) is 98.8 cm³/mol. The molecule has 1 N–H and O–H groups in total. The van der Waals surface area contributed by atoms with Gasteiger partial charge in [0.2, 0.25) is 15.9 Å². The molecular weight excluding hydrogens is 354 g/mol. The van der Waals surface area contributed by atoms with Crippen LogP contribution in [0.2, 0.25) is 0 Å². The molecule has 0 atom stereocenters. The smallest absolute Gasteiger partial charge is 0.232 e. The summed E-state index contributed by atoms with van der Waals surface area (Å²) in [7, 11) is -3.34. The van der Waals surface area contributed by atoms with Gasteiger partial charge in [-0.05, 0) is 36.2 Å². The molecule has 0 radical (unpaired) electrons. The van der Waals surface area contributed by atoms with Gasteiger partial charge in [-0.25, -0.2) is 8.42 Å². The maximum atomic E-state index is 12.1. The molecule has 0 bridgehead atoms. The minimum absolute atomic E-state index is 0.0423. The predicted octanol–water partition coefficient (Wildman–Crippen LogP) is 2.01. The van der Waals surface area contributed by atoms with Crippen molar-refractivity contribution in [3.8, 4) is 0 Å². The van der Waals surface area contributed by atoms with Gasteiger partial charge in [0, 0.05) is 43.0 Å². The third kappa shape index (κ3) is 4.08. The third-order valence-corrected chi connectivity index (χ3v) is 5.36. The van der Waals surface area contributed by atoms with Crippen LogP contribution in [0.3, 0.4) is 0 Å². The molecule has 26 heavy (non-hydrogen) atoms. The number of hydrogen-bond acceptors (Lipinski definition) is 5. The van der Waals surface area contributed by atoms with E-state index in [-0.39, 0.29) is 24.5 Å². The largest absolute Gasteiger partial charge is 0.326 e. The van der Waals surface area contributed by atoms with E-state index in [9.17, 15) is 18.0 Å². The summed E-state index contributed by atoms with van der Waals surface area (Å²) in [5.74, 6) is -0.448. The Morgan fingerprint density at radius 1 is 1.23 bits per heavy atom.